The number of carbonyl (C=O) groups is 3. The maximum Gasteiger partial charge on any atom is 0.407 e. The van der Waals surface area contributed by atoms with E-state index in [0.717, 1.165) is 22.3 Å². The molecule has 1 unspecified atom stereocenters. The smallest absolute Gasteiger partial charge is 0.407 e. The molecular formula is C25H26N2O7. The lowest BCUT2D eigenvalue weighted by Gasteiger charge is -2.33. The van der Waals surface area contributed by atoms with E-state index in [4.69, 9.17) is 14.2 Å². The zero-order valence-electron chi connectivity index (χ0n) is 18.5. The number of carboxylic acid groups (broad SMARTS) is 1. The number of hydrogen-bond acceptors (Lipinski definition) is 6. The molecule has 9 heteroatoms. The number of ether oxygens (including phenoxy) is 3. The zero-order chi connectivity index (χ0) is 23.7. The summed E-state index contributed by atoms with van der Waals surface area (Å²) in [6.45, 7) is 0.860. The number of nitrogens with one attached hydrogen (secondary N) is 1. The quantitative estimate of drug-likeness (QED) is 0.693. The van der Waals surface area contributed by atoms with Crippen molar-refractivity contribution in [3.63, 3.8) is 0 Å². The summed E-state index contributed by atoms with van der Waals surface area (Å²) >= 11 is 0. The van der Waals surface area contributed by atoms with Gasteiger partial charge in [0.15, 0.2) is 12.2 Å². The summed E-state index contributed by atoms with van der Waals surface area (Å²) in [5.41, 5.74) is 4.53. The van der Waals surface area contributed by atoms with Gasteiger partial charge in [0.25, 0.3) is 5.91 Å². The van der Waals surface area contributed by atoms with Crippen LogP contribution in [-0.4, -0.2) is 79.1 Å². The van der Waals surface area contributed by atoms with Gasteiger partial charge in [-0.1, -0.05) is 48.5 Å². The van der Waals surface area contributed by atoms with Crippen molar-refractivity contribution in [1.82, 2.24) is 10.2 Å². The highest BCUT2D eigenvalue weighted by Crippen LogP contribution is 2.44. The van der Waals surface area contributed by atoms with Gasteiger partial charge in [0.2, 0.25) is 0 Å². The topological polar surface area (TPSA) is 114 Å². The first-order chi connectivity index (χ1) is 16.5. The summed E-state index contributed by atoms with van der Waals surface area (Å²) < 4.78 is 16.4. The molecule has 1 aliphatic carbocycles. The number of amides is 2. The van der Waals surface area contributed by atoms with Crippen LogP contribution in [0.2, 0.25) is 0 Å². The number of carboxylic acids is 1. The number of benzene rings is 2. The molecular weight excluding hydrogens is 440 g/mol. The van der Waals surface area contributed by atoms with Crippen molar-refractivity contribution < 1.29 is 33.7 Å². The lowest BCUT2D eigenvalue weighted by molar-refractivity contribution is -0.162. The molecule has 2 heterocycles. The van der Waals surface area contributed by atoms with E-state index in [1.807, 2.05) is 36.4 Å². The Labute approximate surface area is 196 Å². The maximum atomic E-state index is 13.0. The molecule has 5 rings (SSSR count). The van der Waals surface area contributed by atoms with Crippen LogP contribution in [0.3, 0.4) is 0 Å². The highest BCUT2D eigenvalue weighted by molar-refractivity contribution is 5.84. The van der Waals surface area contributed by atoms with Gasteiger partial charge in [-0.3, -0.25) is 4.79 Å². The summed E-state index contributed by atoms with van der Waals surface area (Å²) in [5, 5.41) is 12.0. The van der Waals surface area contributed by atoms with Crippen LogP contribution in [0.5, 0.6) is 0 Å². The minimum Gasteiger partial charge on any atom is -0.479 e. The molecule has 2 amide bonds. The Balaban J connectivity index is 1.20. The lowest BCUT2D eigenvalue weighted by atomic mass is 9.98. The van der Waals surface area contributed by atoms with Crippen molar-refractivity contribution in [2.24, 2.45) is 0 Å². The van der Waals surface area contributed by atoms with Gasteiger partial charge in [0.05, 0.1) is 19.2 Å². The van der Waals surface area contributed by atoms with Crippen LogP contribution in [-0.2, 0) is 23.8 Å². The molecule has 9 nitrogen and oxygen atoms in total. The van der Waals surface area contributed by atoms with E-state index in [-0.39, 0.29) is 38.1 Å². The first kappa shape index (κ1) is 22.4. The first-order valence-corrected chi connectivity index (χ1v) is 11.4. The summed E-state index contributed by atoms with van der Waals surface area (Å²) in [5.74, 6) is -1.52. The molecule has 2 N–H and O–H groups in total. The minimum atomic E-state index is -1.11. The molecule has 2 fully saturated rings. The van der Waals surface area contributed by atoms with E-state index in [1.54, 1.807) is 0 Å². The van der Waals surface area contributed by atoms with Crippen molar-refractivity contribution in [1.29, 1.82) is 0 Å². The fourth-order valence-electron chi connectivity index (χ4n) is 4.95. The van der Waals surface area contributed by atoms with Crippen LogP contribution in [0.4, 0.5) is 4.79 Å². The van der Waals surface area contributed by atoms with Gasteiger partial charge in [-0.2, -0.15) is 0 Å². The van der Waals surface area contributed by atoms with Crippen LogP contribution in [0.1, 0.15) is 23.5 Å². The molecule has 0 bridgehead atoms. The molecule has 3 atom stereocenters. The van der Waals surface area contributed by atoms with Gasteiger partial charge < -0.3 is 29.5 Å². The Hall–Kier alpha value is -3.43. The third-order valence-corrected chi connectivity index (χ3v) is 6.64. The summed E-state index contributed by atoms with van der Waals surface area (Å²) in [6.07, 6.45) is -2.09. The van der Waals surface area contributed by atoms with Crippen LogP contribution in [0.15, 0.2) is 48.5 Å². The molecule has 0 saturated carbocycles. The zero-order valence-corrected chi connectivity index (χ0v) is 18.5. The Bertz CT molecular complexity index is 1060. The van der Waals surface area contributed by atoms with Crippen molar-refractivity contribution in [2.75, 3.05) is 32.9 Å². The Kier molecular flexibility index (Phi) is 6.21. The van der Waals surface area contributed by atoms with Crippen LogP contribution in [0.25, 0.3) is 11.1 Å². The molecule has 2 saturated heterocycles. The number of fused-ring (bicyclic) bond motifs is 3. The van der Waals surface area contributed by atoms with Crippen molar-refractivity contribution in [2.45, 2.75) is 30.6 Å². The molecule has 34 heavy (non-hydrogen) atoms. The Morgan fingerprint density at radius 1 is 1.00 bits per heavy atom. The normalized spacial score (nSPS) is 23.8. The molecule has 0 radical (unpaired) electrons. The van der Waals surface area contributed by atoms with Gasteiger partial charge in [-0.15, -0.1) is 0 Å². The fraction of sp³-hybridized carbons (Fsp3) is 0.400. The Morgan fingerprint density at radius 3 is 2.35 bits per heavy atom. The van der Waals surface area contributed by atoms with E-state index in [9.17, 15) is 19.5 Å². The second-order valence-electron chi connectivity index (χ2n) is 8.64. The van der Waals surface area contributed by atoms with E-state index < -0.39 is 30.3 Å². The summed E-state index contributed by atoms with van der Waals surface area (Å²) in [7, 11) is 0. The highest BCUT2D eigenvalue weighted by Gasteiger charge is 2.40. The average Bonchev–Trinajstić information content (AvgIpc) is 3.44. The highest BCUT2D eigenvalue weighted by atomic mass is 16.6. The third-order valence-electron chi connectivity index (χ3n) is 6.64. The molecule has 0 spiro atoms. The van der Waals surface area contributed by atoms with E-state index in [2.05, 4.69) is 17.4 Å². The molecule has 0 aromatic heterocycles. The van der Waals surface area contributed by atoms with Crippen molar-refractivity contribution in [3.05, 3.63) is 59.7 Å². The largest absolute Gasteiger partial charge is 0.479 e. The second-order valence-corrected chi connectivity index (χ2v) is 8.64. The number of morpholine rings is 1. The monoisotopic (exact) mass is 466 g/mol. The number of alkyl carbamates (subject to hydrolysis) is 1. The van der Waals surface area contributed by atoms with Crippen molar-refractivity contribution >= 4 is 18.0 Å². The first-order valence-electron chi connectivity index (χ1n) is 11.4. The average molecular weight is 466 g/mol. The molecule has 178 valence electrons. The van der Waals surface area contributed by atoms with Gasteiger partial charge in [-0.05, 0) is 28.7 Å². The molecule has 2 aliphatic heterocycles. The predicted molar refractivity (Wildman–Crippen MR) is 120 cm³/mol. The lowest BCUT2D eigenvalue weighted by Crippen LogP contribution is -2.55. The standard InChI is InChI=1S/C25H26N2O7/c28-23(27-10-12-32-21(13-27)24(29)30)22-20(9-11-33-22)26-25(31)34-14-19-17-7-3-1-5-15(17)16-6-2-4-8-18(16)19/h1-8,19-22H,9-14H2,(H,26,31)(H,29,30)/t20-,21?,22+/m1/s1. The summed E-state index contributed by atoms with van der Waals surface area (Å²) in [4.78, 5) is 38.3. The van der Waals surface area contributed by atoms with E-state index >= 15 is 0 Å². The SMILES string of the molecule is O=C(N[C@@H]1CCO[C@@H]1C(=O)N1CCOC(C(=O)O)C1)OCC1c2ccccc2-c2ccccc21. The van der Waals surface area contributed by atoms with Gasteiger partial charge in [0, 0.05) is 19.1 Å². The predicted octanol–water partition coefficient (Wildman–Crippen LogP) is 1.99. The van der Waals surface area contributed by atoms with E-state index in [1.165, 1.54) is 4.90 Å². The second kappa shape index (κ2) is 9.44. The third kappa shape index (κ3) is 4.24. The molecule has 2 aromatic carbocycles. The number of carbonyl (C=O) groups excluding carboxylic acids is 2. The van der Waals surface area contributed by atoms with Crippen LogP contribution < -0.4 is 5.32 Å². The van der Waals surface area contributed by atoms with Crippen LogP contribution >= 0.6 is 0 Å². The fourth-order valence-corrected chi connectivity index (χ4v) is 4.95. The maximum absolute atomic E-state index is 13.0. The molecule has 3 aliphatic rings. The van der Waals surface area contributed by atoms with Gasteiger partial charge in [-0.25, -0.2) is 9.59 Å². The molecule has 2 aromatic rings. The van der Waals surface area contributed by atoms with Crippen molar-refractivity contribution in [3.8, 4) is 11.1 Å². The number of nitrogens with zero attached hydrogens (tertiary/aromatic N) is 1. The number of rotatable bonds is 5. The van der Waals surface area contributed by atoms with E-state index in [0.29, 0.717) is 13.0 Å². The van der Waals surface area contributed by atoms with Crippen LogP contribution in [0, 0.1) is 0 Å². The Morgan fingerprint density at radius 2 is 1.68 bits per heavy atom. The van der Waals surface area contributed by atoms with Gasteiger partial charge >= 0.3 is 12.1 Å². The number of hydrogen-bond donors (Lipinski definition) is 2. The van der Waals surface area contributed by atoms with Gasteiger partial charge in [0.1, 0.15) is 6.61 Å². The number of aliphatic carboxylic acids is 1. The minimum absolute atomic E-state index is 0.0499. The summed E-state index contributed by atoms with van der Waals surface area (Å²) in [6, 6.07) is 15.6.